The summed E-state index contributed by atoms with van der Waals surface area (Å²) < 4.78 is 0. The van der Waals surface area contributed by atoms with Crippen LogP contribution in [0.2, 0.25) is 5.02 Å². The Bertz CT molecular complexity index is 318. The first kappa shape index (κ1) is 14.3. The molecule has 2 heteroatoms. The summed E-state index contributed by atoms with van der Waals surface area (Å²) in [7, 11) is 0. The Morgan fingerprint density at radius 2 is 1.88 bits per heavy atom. The van der Waals surface area contributed by atoms with Crippen molar-refractivity contribution in [2.75, 3.05) is 0 Å². The maximum Gasteiger partial charge on any atom is 0.0406 e. The molecule has 0 radical (unpaired) electrons. The van der Waals surface area contributed by atoms with Gasteiger partial charge in [-0.05, 0) is 43.4 Å². The fourth-order valence-electron chi connectivity index (χ4n) is 1.90. The van der Waals surface area contributed by atoms with E-state index in [1.807, 2.05) is 18.2 Å². The summed E-state index contributed by atoms with van der Waals surface area (Å²) in [5.74, 6) is 0. The van der Waals surface area contributed by atoms with Crippen molar-refractivity contribution in [3.8, 4) is 0 Å². The highest BCUT2D eigenvalue weighted by molar-refractivity contribution is 6.30. The molecule has 0 amide bonds. The van der Waals surface area contributed by atoms with Gasteiger partial charge in [-0.25, -0.2) is 0 Å². The quantitative estimate of drug-likeness (QED) is 0.540. The highest BCUT2D eigenvalue weighted by atomic mass is 35.5. The molecule has 0 aliphatic heterocycles. The standard InChI is InChI=1S/C15H22ClN/c1-2-3-4-5-6-7-15(17)12-13-8-10-14(16)11-9-13/h2,8-11,15H,1,3-7,12,17H2. The summed E-state index contributed by atoms with van der Waals surface area (Å²) in [6, 6.07) is 8.22. The van der Waals surface area contributed by atoms with Crippen molar-refractivity contribution in [2.24, 2.45) is 5.73 Å². The minimum absolute atomic E-state index is 0.264. The summed E-state index contributed by atoms with van der Waals surface area (Å²) in [4.78, 5) is 0. The van der Waals surface area contributed by atoms with Gasteiger partial charge in [-0.15, -0.1) is 6.58 Å². The number of nitrogens with two attached hydrogens (primary N) is 1. The molecule has 1 atom stereocenters. The molecule has 0 heterocycles. The van der Waals surface area contributed by atoms with Crippen LogP contribution in [0.3, 0.4) is 0 Å². The second-order valence-corrected chi connectivity index (χ2v) is 4.95. The number of unbranched alkanes of at least 4 members (excludes halogenated alkanes) is 3. The molecule has 94 valence electrons. The summed E-state index contributed by atoms with van der Waals surface area (Å²) in [6.07, 6.45) is 8.83. The van der Waals surface area contributed by atoms with E-state index in [1.54, 1.807) is 0 Å². The fraction of sp³-hybridized carbons (Fsp3) is 0.467. The molecule has 0 aromatic heterocycles. The van der Waals surface area contributed by atoms with E-state index in [9.17, 15) is 0 Å². The Balaban J connectivity index is 2.18. The molecule has 0 spiro atoms. The van der Waals surface area contributed by atoms with E-state index in [0.29, 0.717) is 0 Å². The van der Waals surface area contributed by atoms with E-state index in [-0.39, 0.29) is 6.04 Å². The third kappa shape index (κ3) is 6.50. The van der Waals surface area contributed by atoms with Crippen LogP contribution in [0.5, 0.6) is 0 Å². The molecule has 17 heavy (non-hydrogen) atoms. The van der Waals surface area contributed by atoms with Gasteiger partial charge in [0.25, 0.3) is 0 Å². The lowest BCUT2D eigenvalue weighted by Crippen LogP contribution is -2.22. The SMILES string of the molecule is C=CCCCCCC(N)Cc1ccc(Cl)cc1. The predicted molar refractivity (Wildman–Crippen MR) is 76.4 cm³/mol. The highest BCUT2D eigenvalue weighted by Gasteiger charge is 2.03. The molecule has 1 unspecified atom stereocenters. The van der Waals surface area contributed by atoms with Crippen LogP contribution in [-0.4, -0.2) is 6.04 Å². The molecule has 1 aromatic carbocycles. The molecule has 0 saturated carbocycles. The van der Waals surface area contributed by atoms with Gasteiger partial charge in [-0.2, -0.15) is 0 Å². The average Bonchev–Trinajstić information content (AvgIpc) is 2.32. The van der Waals surface area contributed by atoms with E-state index in [2.05, 4.69) is 18.7 Å². The van der Waals surface area contributed by atoms with E-state index in [0.717, 1.165) is 24.3 Å². The molecule has 2 N–H and O–H groups in total. The Kier molecular flexibility index (Phi) is 6.99. The molecule has 0 aliphatic carbocycles. The Labute approximate surface area is 110 Å². The second kappa shape index (κ2) is 8.32. The van der Waals surface area contributed by atoms with Crippen molar-refractivity contribution in [2.45, 2.75) is 44.6 Å². The monoisotopic (exact) mass is 251 g/mol. The molecule has 1 nitrogen and oxygen atoms in total. The fourth-order valence-corrected chi connectivity index (χ4v) is 2.02. The van der Waals surface area contributed by atoms with Gasteiger partial charge in [0.05, 0.1) is 0 Å². The summed E-state index contributed by atoms with van der Waals surface area (Å²) >= 11 is 5.84. The zero-order valence-electron chi connectivity index (χ0n) is 10.4. The third-order valence-electron chi connectivity index (χ3n) is 2.89. The summed E-state index contributed by atoms with van der Waals surface area (Å²) in [5, 5.41) is 0.784. The van der Waals surface area contributed by atoms with E-state index in [1.165, 1.54) is 24.8 Å². The topological polar surface area (TPSA) is 26.0 Å². The van der Waals surface area contributed by atoms with Crippen LogP contribution in [0.4, 0.5) is 0 Å². The van der Waals surface area contributed by atoms with Crippen molar-refractivity contribution in [3.05, 3.63) is 47.5 Å². The smallest absolute Gasteiger partial charge is 0.0406 e. The number of hydrogen-bond acceptors (Lipinski definition) is 1. The molecule has 0 fully saturated rings. The number of hydrogen-bond donors (Lipinski definition) is 1. The Morgan fingerprint density at radius 3 is 2.53 bits per heavy atom. The van der Waals surface area contributed by atoms with Gasteiger partial charge in [0.1, 0.15) is 0 Å². The van der Waals surface area contributed by atoms with Crippen molar-refractivity contribution in [1.29, 1.82) is 0 Å². The highest BCUT2D eigenvalue weighted by Crippen LogP contribution is 2.13. The van der Waals surface area contributed by atoms with Crippen LogP contribution in [0.1, 0.15) is 37.7 Å². The van der Waals surface area contributed by atoms with Gasteiger partial charge < -0.3 is 5.73 Å². The lowest BCUT2D eigenvalue weighted by Gasteiger charge is -2.11. The van der Waals surface area contributed by atoms with Crippen LogP contribution in [0.15, 0.2) is 36.9 Å². The Hall–Kier alpha value is -0.790. The van der Waals surface area contributed by atoms with Crippen LogP contribution in [-0.2, 0) is 6.42 Å². The van der Waals surface area contributed by atoms with Gasteiger partial charge in [0, 0.05) is 11.1 Å². The van der Waals surface area contributed by atoms with Gasteiger partial charge >= 0.3 is 0 Å². The van der Waals surface area contributed by atoms with Gasteiger partial charge in [0.15, 0.2) is 0 Å². The zero-order valence-corrected chi connectivity index (χ0v) is 11.1. The molecular formula is C15H22ClN. The molecule has 0 aliphatic rings. The van der Waals surface area contributed by atoms with Crippen molar-refractivity contribution in [3.63, 3.8) is 0 Å². The summed E-state index contributed by atoms with van der Waals surface area (Å²) in [6.45, 7) is 3.72. The largest absolute Gasteiger partial charge is 0.327 e. The summed E-state index contributed by atoms with van der Waals surface area (Å²) in [5.41, 5.74) is 7.38. The van der Waals surface area contributed by atoms with Crippen molar-refractivity contribution in [1.82, 2.24) is 0 Å². The van der Waals surface area contributed by atoms with Gasteiger partial charge in [0.2, 0.25) is 0 Å². The van der Waals surface area contributed by atoms with Gasteiger partial charge in [-0.1, -0.05) is 42.7 Å². The predicted octanol–water partition coefficient (Wildman–Crippen LogP) is 4.35. The van der Waals surface area contributed by atoms with E-state index in [4.69, 9.17) is 17.3 Å². The van der Waals surface area contributed by atoms with E-state index < -0.39 is 0 Å². The molecule has 0 saturated heterocycles. The Morgan fingerprint density at radius 1 is 1.18 bits per heavy atom. The first-order valence-corrected chi connectivity index (χ1v) is 6.71. The van der Waals surface area contributed by atoms with Crippen LogP contribution >= 0.6 is 11.6 Å². The molecule has 0 bridgehead atoms. The first-order valence-electron chi connectivity index (χ1n) is 6.33. The molecule has 1 aromatic rings. The van der Waals surface area contributed by atoms with Crippen LogP contribution < -0.4 is 5.73 Å². The average molecular weight is 252 g/mol. The maximum atomic E-state index is 6.11. The van der Waals surface area contributed by atoms with Crippen LogP contribution in [0.25, 0.3) is 0 Å². The lowest BCUT2D eigenvalue weighted by molar-refractivity contribution is 0.551. The number of rotatable bonds is 8. The maximum absolute atomic E-state index is 6.11. The second-order valence-electron chi connectivity index (χ2n) is 4.52. The van der Waals surface area contributed by atoms with Crippen molar-refractivity contribution >= 4 is 11.6 Å². The third-order valence-corrected chi connectivity index (χ3v) is 3.15. The minimum atomic E-state index is 0.264. The van der Waals surface area contributed by atoms with Crippen LogP contribution in [0, 0.1) is 0 Å². The van der Waals surface area contributed by atoms with E-state index >= 15 is 0 Å². The normalized spacial score (nSPS) is 12.4. The first-order chi connectivity index (χ1) is 8.22. The molecular weight excluding hydrogens is 230 g/mol. The lowest BCUT2D eigenvalue weighted by atomic mass is 10.0. The van der Waals surface area contributed by atoms with Crippen molar-refractivity contribution < 1.29 is 0 Å². The number of halogens is 1. The zero-order chi connectivity index (χ0) is 12.5. The molecule has 1 rings (SSSR count). The van der Waals surface area contributed by atoms with Gasteiger partial charge in [-0.3, -0.25) is 0 Å². The minimum Gasteiger partial charge on any atom is -0.327 e. The number of allylic oxidation sites excluding steroid dienone is 1. The number of benzene rings is 1.